The molecule has 2 N–H and O–H groups in total. The molecule has 0 radical (unpaired) electrons. The lowest BCUT2D eigenvalue weighted by Crippen LogP contribution is -2.36. The standard InChI is InChI=1S/C11H14FN3O2.ClH/c1-11(2,3)17-10(16)15-9(13)7-5-4-6-8(12)14-7;/h4-6H,1-3H3,(H2,13,15,16);1H. The van der Waals surface area contributed by atoms with Crippen LogP contribution in [0.25, 0.3) is 0 Å². The van der Waals surface area contributed by atoms with Crippen molar-refractivity contribution in [2.45, 2.75) is 26.4 Å². The van der Waals surface area contributed by atoms with Gasteiger partial charge in [-0.3, -0.25) is 10.7 Å². The van der Waals surface area contributed by atoms with Crippen LogP contribution in [0.15, 0.2) is 18.2 Å². The molecule has 0 fully saturated rings. The van der Waals surface area contributed by atoms with Crippen molar-refractivity contribution in [1.82, 2.24) is 10.3 Å². The Labute approximate surface area is 111 Å². The number of halogens is 2. The number of pyridine rings is 1. The van der Waals surface area contributed by atoms with Gasteiger partial charge >= 0.3 is 6.09 Å². The van der Waals surface area contributed by atoms with Crippen LogP contribution >= 0.6 is 12.4 Å². The van der Waals surface area contributed by atoms with E-state index in [-0.39, 0.29) is 23.9 Å². The Morgan fingerprint density at radius 2 is 2.06 bits per heavy atom. The molecule has 7 heteroatoms. The predicted molar refractivity (Wildman–Crippen MR) is 67.6 cm³/mol. The zero-order valence-electron chi connectivity index (χ0n) is 10.3. The molecule has 100 valence electrons. The highest BCUT2D eigenvalue weighted by Gasteiger charge is 2.17. The molecule has 1 rings (SSSR count). The van der Waals surface area contributed by atoms with Crippen LogP contribution in [0.5, 0.6) is 0 Å². The number of nitrogens with one attached hydrogen (secondary N) is 2. The number of ether oxygens (including phenoxy) is 1. The summed E-state index contributed by atoms with van der Waals surface area (Å²) in [5.41, 5.74) is -0.615. The van der Waals surface area contributed by atoms with E-state index >= 15 is 0 Å². The van der Waals surface area contributed by atoms with Crippen molar-refractivity contribution in [3.63, 3.8) is 0 Å². The second-order valence-corrected chi connectivity index (χ2v) is 4.35. The van der Waals surface area contributed by atoms with Crippen LogP contribution in [-0.4, -0.2) is 22.5 Å². The van der Waals surface area contributed by atoms with E-state index in [0.29, 0.717) is 0 Å². The van der Waals surface area contributed by atoms with E-state index in [0.717, 1.165) is 6.07 Å². The SMILES string of the molecule is CC(C)(C)OC(=O)NC(=N)c1cccc(F)n1.Cl. The highest BCUT2D eigenvalue weighted by atomic mass is 35.5. The molecule has 0 saturated heterocycles. The summed E-state index contributed by atoms with van der Waals surface area (Å²) in [6, 6.07) is 3.98. The molecule has 1 heterocycles. The minimum absolute atomic E-state index is 0. The summed E-state index contributed by atoms with van der Waals surface area (Å²) in [4.78, 5) is 14.8. The quantitative estimate of drug-likeness (QED) is 0.470. The number of amides is 1. The Kier molecular flexibility index (Phi) is 5.71. The number of hydrogen-bond donors (Lipinski definition) is 2. The van der Waals surface area contributed by atoms with Crippen molar-refractivity contribution in [3.8, 4) is 0 Å². The zero-order valence-corrected chi connectivity index (χ0v) is 11.1. The van der Waals surface area contributed by atoms with Crippen molar-refractivity contribution < 1.29 is 13.9 Å². The van der Waals surface area contributed by atoms with Gasteiger partial charge < -0.3 is 4.74 Å². The molecule has 5 nitrogen and oxygen atoms in total. The summed E-state index contributed by atoms with van der Waals surface area (Å²) in [7, 11) is 0. The van der Waals surface area contributed by atoms with Gasteiger partial charge in [0.05, 0.1) is 0 Å². The topological polar surface area (TPSA) is 75.1 Å². The fourth-order valence-corrected chi connectivity index (χ4v) is 1.02. The number of aromatic nitrogens is 1. The Bertz CT molecular complexity index is 446. The zero-order chi connectivity index (χ0) is 13.1. The van der Waals surface area contributed by atoms with E-state index < -0.39 is 17.6 Å². The molecule has 0 spiro atoms. The molecule has 0 saturated carbocycles. The van der Waals surface area contributed by atoms with E-state index in [1.165, 1.54) is 12.1 Å². The first-order chi connectivity index (χ1) is 7.78. The van der Waals surface area contributed by atoms with Gasteiger partial charge in [-0.05, 0) is 32.9 Å². The molecule has 0 aliphatic heterocycles. The molecule has 0 atom stereocenters. The number of alkyl carbamates (subject to hydrolysis) is 1. The van der Waals surface area contributed by atoms with Crippen molar-refractivity contribution in [3.05, 3.63) is 29.8 Å². The molecular formula is C11H15ClFN3O2. The van der Waals surface area contributed by atoms with Gasteiger partial charge in [0.15, 0.2) is 5.84 Å². The third-order valence-corrected chi connectivity index (χ3v) is 1.60. The lowest BCUT2D eigenvalue weighted by atomic mass is 10.2. The Balaban J connectivity index is 0.00000289. The van der Waals surface area contributed by atoms with Crippen LogP contribution < -0.4 is 5.32 Å². The van der Waals surface area contributed by atoms with Crippen LogP contribution in [0.3, 0.4) is 0 Å². The Morgan fingerprint density at radius 3 is 2.56 bits per heavy atom. The third kappa shape index (κ3) is 5.58. The maximum atomic E-state index is 12.8. The number of rotatable bonds is 1. The largest absolute Gasteiger partial charge is 0.444 e. The molecule has 0 bridgehead atoms. The summed E-state index contributed by atoms with van der Waals surface area (Å²) < 4.78 is 17.7. The lowest BCUT2D eigenvalue weighted by molar-refractivity contribution is 0.0563. The van der Waals surface area contributed by atoms with Gasteiger partial charge in [0, 0.05) is 0 Å². The minimum Gasteiger partial charge on any atom is -0.444 e. The smallest absolute Gasteiger partial charge is 0.413 e. The minimum atomic E-state index is -0.770. The average molecular weight is 276 g/mol. The molecular weight excluding hydrogens is 261 g/mol. The van der Waals surface area contributed by atoms with Crippen LogP contribution in [-0.2, 0) is 4.74 Å². The van der Waals surface area contributed by atoms with E-state index in [4.69, 9.17) is 10.1 Å². The summed E-state index contributed by atoms with van der Waals surface area (Å²) in [6.45, 7) is 5.11. The van der Waals surface area contributed by atoms with Gasteiger partial charge in [0.25, 0.3) is 0 Å². The van der Waals surface area contributed by atoms with Crippen molar-refractivity contribution >= 4 is 24.3 Å². The van der Waals surface area contributed by atoms with E-state index in [2.05, 4.69) is 10.3 Å². The number of hydrogen-bond acceptors (Lipinski definition) is 4. The van der Waals surface area contributed by atoms with Gasteiger partial charge in [-0.1, -0.05) is 6.07 Å². The van der Waals surface area contributed by atoms with Gasteiger partial charge in [-0.15, -0.1) is 12.4 Å². The number of carbonyl (C=O) groups excluding carboxylic acids is 1. The van der Waals surface area contributed by atoms with Gasteiger partial charge in [-0.2, -0.15) is 4.39 Å². The van der Waals surface area contributed by atoms with Crippen LogP contribution in [0.2, 0.25) is 0 Å². The highest BCUT2D eigenvalue weighted by molar-refractivity contribution is 6.03. The molecule has 0 aromatic carbocycles. The Morgan fingerprint density at radius 1 is 1.44 bits per heavy atom. The van der Waals surface area contributed by atoms with Gasteiger partial charge in [0.1, 0.15) is 11.3 Å². The van der Waals surface area contributed by atoms with E-state index in [1.807, 2.05) is 0 Å². The van der Waals surface area contributed by atoms with Gasteiger partial charge in [0.2, 0.25) is 5.95 Å². The van der Waals surface area contributed by atoms with Crippen molar-refractivity contribution in [2.24, 2.45) is 0 Å². The van der Waals surface area contributed by atoms with Crippen LogP contribution in [0.4, 0.5) is 9.18 Å². The fourth-order valence-electron chi connectivity index (χ4n) is 1.02. The first-order valence-corrected chi connectivity index (χ1v) is 4.99. The van der Waals surface area contributed by atoms with Gasteiger partial charge in [-0.25, -0.2) is 9.78 Å². The van der Waals surface area contributed by atoms with Crippen molar-refractivity contribution in [1.29, 1.82) is 5.41 Å². The highest BCUT2D eigenvalue weighted by Crippen LogP contribution is 2.06. The third-order valence-electron chi connectivity index (χ3n) is 1.60. The first kappa shape index (κ1) is 16.3. The predicted octanol–water partition coefficient (Wildman–Crippen LogP) is 2.49. The summed E-state index contributed by atoms with van der Waals surface area (Å²) >= 11 is 0. The molecule has 1 amide bonds. The van der Waals surface area contributed by atoms with E-state index in [9.17, 15) is 9.18 Å². The normalized spacial score (nSPS) is 10.2. The lowest BCUT2D eigenvalue weighted by Gasteiger charge is -2.19. The second kappa shape index (κ2) is 6.30. The van der Waals surface area contributed by atoms with Crippen molar-refractivity contribution in [2.75, 3.05) is 0 Å². The average Bonchev–Trinajstić information content (AvgIpc) is 2.14. The monoisotopic (exact) mass is 275 g/mol. The first-order valence-electron chi connectivity index (χ1n) is 4.99. The fraction of sp³-hybridized carbons (Fsp3) is 0.364. The molecule has 0 aliphatic carbocycles. The molecule has 0 unspecified atom stereocenters. The number of carbonyl (C=O) groups is 1. The molecule has 18 heavy (non-hydrogen) atoms. The summed E-state index contributed by atoms with van der Waals surface area (Å²) in [6.07, 6.45) is -0.770. The van der Waals surface area contributed by atoms with Crippen LogP contribution in [0, 0.1) is 11.4 Å². The maximum Gasteiger partial charge on any atom is 0.413 e. The number of amidine groups is 1. The molecule has 1 aromatic rings. The summed E-state index contributed by atoms with van der Waals surface area (Å²) in [5.74, 6) is -1.02. The second-order valence-electron chi connectivity index (χ2n) is 4.35. The number of nitrogens with zero attached hydrogens (tertiary/aromatic N) is 1. The van der Waals surface area contributed by atoms with E-state index in [1.54, 1.807) is 20.8 Å². The van der Waals surface area contributed by atoms with Crippen LogP contribution in [0.1, 0.15) is 26.5 Å². The summed E-state index contributed by atoms with van der Waals surface area (Å²) in [5, 5.41) is 9.70. The molecule has 1 aromatic heterocycles. The maximum absolute atomic E-state index is 12.8. The molecule has 0 aliphatic rings. The Hall–Kier alpha value is -1.69.